The first-order chi connectivity index (χ1) is 12.1. The number of hydrogen-bond donors (Lipinski definition) is 0. The van der Waals surface area contributed by atoms with Gasteiger partial charge < -0.3 is 9.80 Å². The average molecular weight is 342 g/mol. The highest BCUT2D eigenvalue weighted by Gasteiger charge is 2.33. The number of hydrogen-bond acceptors (Lipinski definition) is 3. The molecule has 0 N–H and O–H groups in total. The van der Waals surface area contributed by atoms with Crippen LogP contribution in [0.3, 0.4) is 0 Å². The van der Waals surface area contributed by atoms with E-state index in [2.05, 4.69) is 9.88 Å². The van der Waals surface area contributed by atoms with Crippen LogP contribution in [-0.4, -0.2) is 65.0 Å². The molecule has 2 fully saturated rings. The van der Waals surface area contributed by atoms with E-state index in [1.807, 2.05) is 18.0 Å². The third-order valence-electron chi connectivity index (χ3n) is 5.44. The van der Waals surface area contributed by atoms with Crippen LogP contribution in [0.2, 0.25) is 0 Å². The summed E-state index contributed by atoms with van der Waals surface area (Å²) in [4.78, 5) is 22.7. The topological polar surface area (TPSA) is 39.7 Å². The molecule has 4 rings (SSSR count). The minimum atomic E-state index is -0.220. The zero-order valence-corrected chi connectivity index (χ0v) is 14.5. The minimum absolute atomic E-state index is 0.159. The molecule has 0 unspecified atom stereocenters. The monoisotopic (exact) mass is 342 g/mol. The summed E-state index contributed by atoms with van der Waals surface area (Å²) in [5.41, 5.74) is 1.81. The van der Waals surface area contributed by atoms with Crippen molar-refractivity contribution < 1.29 is 9.18 Å². The number of rotatable bonds is 3. The predicted octanol–water partition coefficient (Wildman–Crippen LogP) is 2.71. The summed E-state index contributed by atoms with van der Waals surface area (Å²) in [5.74, 6) is -0.220. The lowest BCUT2D eigenvalue weighted by Crippen LogP contribution is -2.46. The number of pyridine rings is 1. The maximum atomic E-state index is 13.9. The number of piperidine rings is 1. The van der Waals surface area contributed by atoms with Gasteiger partial charge in [0.25, 0.3) is 0 Å². The zero-order valence-electron chi connectivity index (χ0n) is 14.5. The third kappa shape index (κ3) is 3.06. The van der Waals surface area contributed by atoms with E-state index < -0.39 is 0 Å². The molecule has 0 radical (unpaired) electrons. The molecule has 132 valence electrons. The Morgan fingerprint density at radius 2 is 1.96 bits per heavy atom. The molecular weight excluding hydrogens is 319 g/mol. The Kier molecular flexibility index (Phi) is 4.29. The lowest BCUT2D eigenvalue weighted by molar-refractivity contribution is 0.128. The van der Waals surface area contributed by atoms with Crippen molar-refractivity contribution >= 4 is 16.9 Å². The quantitative estimate of drug-likeness (QED) is 0.861. The van der Waals surface area contributed by atoms with Crippen LogP contribution in [-0.2, 0) is 6.54 Å². The molecule has 2 aliphatic heterocycles. The van der Waals surface area contributed by atoms with Crippen LogP contribution >= 0.6 is 0 Å². The van der Waals surface area contributed by atoms with Gasteiger partial charge in [0.1, 0.15) is 5.82 Å². The van der Waals surface area contributed by atoms with Crippen LogP contribution in [0.4, 0.5) is 9.18 Å². The summed E-state index contributed by atoms with van der Waals surface area (Å²) in [5, 5.41) is 0.584. The molecular formula is C19H23FN4O. The van der Waals surface area contributed by atoms with Crippen molar-refractivity contribution in [2.24, 2.45) is 0 Å². The normalized spacial score (nSPS) is 20.0. The SMILES string of the molecule is CN1CCN(C2CCN(Cc3ccc(F)c4cccnc34)CC2)C1=O. The van der Waals surface area contributed by atoms with Gasteiger partial charge in [-0.2, -0.15) is 0 Å². The van der Waals surface area contributed by atoms with E-state index in [4.69, 9.17) is 0 Å². The number of carbonyl (C=O) groups excluding carboxylic acids is 1. The van der Waals surface area contributed by atoms with Gasteiger partial charge in [0, 0.05) is 57.4 Å². The van der Waals surface area contributed by atoms with E-state index in [0.29, 0.717) is 11.4 Å². The molecule has 0 spiro atoms. The lowest BCUT2D eigenvalue weighted by Gasteiger charge is -2.36. The number of halogens is 1. The second-order valence-corrected chi connectivity index (χ2v) is 7.01. The predicted molar refractivity (Wildman–Crippen MR) is 94.7 cm³/mol. The van der Waals surface area contributed by atoms with Crippen LogP contribution in [0.5, 0.6) is 0 Å². The van der Waals surface area contributed by atoms with Crippen LogP contribution < -0.4 is 0 Å². The number of likely N-dealkylation sites (tertiary alicyclic amines) is 1. The fourth-order valence-electron chi connectivity index (χ4n) is 3.96. The highest BCUT2D eigenvalue weighted by molar-refractivity contribution is 5.82. The molecule has 0 atom stereocenters. The van der Waals surface area contributed by atoms with Gasteiger partial charge in [-0.1, -0.05) is 6.07 Å². The van der Waals surface area contributed by atoms with Crippen molar-refractivity contribution in [3.05, 3.63) is 41.8 Å². The Balaban J connectivity index is 1.43. The number of nitrogens with zero attached hydrogens (tertiary/aromatic N) is 4. The Hall–Kier alpha value is -2.21. The fourth-order valence-corrected chi connectivity index (χ4v) is 3.96. The molecule has 25 heavy (non-hydrogen) atoms. The van der Waals surface area contributed by atoms with Gasteiger partial charge >= 0.3 is 6.03 Å². The van der Waals surface area contributed by atoms with Crippen LogP contribution in [0.25, 0.3) is 10.9 Å². The summed E-state index contributed by atoms with van der Waals surface area (Å²) in [6, 6.07) is 7.43. The Bertz CT molecular complexity index is 788. The van der Waals surface area contributed by atoms with Crippen molar-refractivity contribution in [1.29, 1.82) is 0 Å². The van der Waals surface area contributed by atoms with Gasteiger partial charge in [0.15, 0.2) is 0 Å². The van der Waals surface area contributed by atoms with Crippen LogP contribution in [0.15, 0.2) is 30.5 Å². The molecule has 2 amide bonds. The van der Waals surface area contributed by atoms with Crippen LogP contribution in [0.1, 0.15) is 18.4 Å². The first-order valence-electron chi connectivity index (χ1n) is 8.89. The number of fused-ring (bicyclic) bond motifs is 1. The van der Waals surface area contributed by atoms with E-state index >= 15 is 0 Å². The van der Waals surface area contributed by atoms with Crippen molar-refractivity contribution in [1.82, 2.24) is 19.7 Å². The first-order valence-corrected chi connectivity index (χ1v) is 8.89. The molecule has 5 nitrogen and oxygen atoms in total. The summed E-state index contributed by atoms with van der Waals surface area (Å²) < 4.78 is 13.9. The fraction of sp³-hybridized carbons (Fsp3) is 0.474. The Morgan fingerprint density at radius 1 is 1.16 bits per heavy atom. The Labute approximate surface area is 147 Å². The van der Waals surface area contributed by atoms with E-state index in [9.17, 15) is 9.18 Å². The highest BCUT2D eigenvalue weighted by Crippen LogP contribution is 2.25. The number of amides is 2. The second kappa shape index (κ2) is 6.59. The molecule has 0 saturated carbocycles. The first kappa shape index (κ1) is 16.3. The van der Waals surface area contributed by atoms with Gasteiger partial charge in [-0.25, -0.2) is 9.18 Å². The van der Waals surface area contributed by atoms with Gasteiger partial charge in [-0.3, -0.25) is 9.88 Å². The van der Waals surface area contributed by atoms with Gasteiger partial charge in [-0.05, 0) is 36.6 Å². The number of urea groups is 1. The average Bonchev–Trinajstić information content (AvgIpc) is 2.97. The standard InChI is InChI=1S/C19H23FN4O/c1-22-11-12-24(19(22)25)15-6-9-23(10-7-15)13-14-4-5-17(20)16-3-2-8-21-18(14)16/h2-5,8,15H,6-7,9-13H2,1H3. The van der Waals surface area contributed by atoms with E-state index in [-0.39, 0.29) is 11.8 Å². The summed E-state index contributed by atoms with van der Waals surface area (Å²) in [6.07, 6.45) is 3.70. The lowest BCUT2D eigenvalue weighted by atomic mass is 10.0. The highest BCUT2D eigenvalue weighted by atomic mass is 19.1. The molecule has 2 saturated heterocycles. The summed E-state index contributed by atoms with van der Waals surface area (Å²) in [7, 11) is 1.87. The van der Waals surface area contributed by atoms with Gasteiger partial charge in [0.05, 0.1) is 5.52 Å². The third-order valence-corrected chi connectivity index (χ3v) is 5.44. The number of benzene rings is 1. The van der Waals surface area contributed by atoms with Crippen molar-refractivity contribution in [3.8, 4) is 0 Å². The second-order valence-electron chi connectivity index (χ2n) is 7.01. The molecule has 3 heterocycles. The van der Waals surface area contributed by atoms with Crippen molar-refractivity contribution in [3.63, 3.8) is 0 Å². The summed E-state index contributed by atoms with van der Waals surface area (Å²) >= 11 is 0. The van der Waals surface area contributed by atoms with Gasteiger partial charge in [0.2, 0.25) is 0 Å². The van der Waals surface area contributed by atoms with E-state index in [0.717, 1.165) is 56.6 Å². The van der Waals surface area contributed by atoms with Crippen molar-refractivity contribution in [2.45, 2.75) is 25.4 Å². The summed E-state index contributed by atoms with van der Waals surface area (Å²) in [6.45, 7) is 4.33. The number of carbonyl (C=O) groups is 1. The van der Waals surface area contributed by atoms with Crippen molar-refractivity contribution in [2.75, 3.05) is 33.2 Å². The smallest absolute Gasteiger partial charge is 0.320 e. The van der Waals surface area contributed by atoms with Crippen LogP contribution in [0, 0.1) is 5.82 Å². The number of likely N-dealkylation sites (N-methyl/N-ethyl adjacent to an activating group) is 1. The molecule has 0 aliphatic carbocycles. The van der Waals surface area contributed by atoms with E-state index in [1.54, 1.807) is 23.2 Å². The number of aromatic nitrogens is 1. The zero-order chi connectivity index (χ0) is 17.4. The molecule has 1 aromatic carbocycles. The maximum absolute atomic E-state index is 13.9. The molecule has 2 aromatic rings. The maximum Gasteiger partial charge on any atom is 0.320 e. The Morgan fingerprint density at radius 3 is 2.68 bits per heavy atom. The van der Waals surface area contributed by atoms with Gasteiger partial charge in [-0.15, -0.1) is 0 Å². The molecule has 0 bridgehead atoms. The molecule has 2 aliphatic rings. The van der Waals surface area contributed by atoms with E-state index in [1.165, 1.54) is 6.07 Å². The largest absolute Gasteiger partial charge is 0.326 e. The minimum Gasteiger partial charge on any atom is -0.326 e. The molecule has 6 heteroatoms. The molecule has 1 aromatic heterocycles.